The predicted molar refractivity (Wildman–Crippen MR) is 82.4 cm³/mol. The fourth-order valence-corrected chi connectivity index (χ4v) is 3.07. The number of hydrogen-bond acceptors (Lipinski definition) is 2. The van der Waals surface area contributed by atoms with E-state index in [0.29, 0.717) is 16.6 Å². The summed E-state index contributed by atoms with van der Waals surface area (Å²) in [6.07, 6.45) is 2.56. The Morgan fingerprint density at radius 2 is 2.10 bits per heavy atom. The van der Waals surface area contributed by atoms with Crippen LogP contribution in [0.5, 0.6) is 0 Å². The Hall–Kier alpha value is -1.52. The number of rotatable bonds is 4. The number of carbonyl (C=O) groups excluding carboxylic acids is 1. The Morgan fingerprint density at radius 1 is 1.38 bits per heavy atom. The highest BCUT2D eigenvalue weighted by Gasteiger charge is 2.44. The minimum atomic E-state index is 0.00719. The number of nitrogens with one attached hydrogen (secondary N) is 1. The van der Waals surface area contributed by atoms with Gasteiger partial charge < -0.3 is 5.32 Å². The normalized spacial score (nSPS) is 20.3. The second kappa shape index (κ2) is 5.70. The average Bonchev–Trinajstić information content (AvgIpc) is 3.12. The zero-order chi connectivity index (χ0) is 15.0. The molecule has 0 radical (unpaired) electrons. The quantitative estimate of drug-likeness (QED) is 0.939. The van der Waals surface area contributed by atoms with Crippen molar-refractivity contribution in [1.29, 1.82) is 0 Å². The van der Waals surface area contributed by atoms with Gasteiger partial charge in [-0.2, -0.15) is 5.10 Å². The smallest absolute Gasteiger partial charge is 0.224 e. The molecule has 1 aromatic carbocycles. The van der Waals surface area contributed by atoms with Gasteiger partial charge in [-0.05, 0) is 42.2 Å². The number of hydrogen-bond donors (Lipinski definition) is 1. The molecule has 1 fully saturated rings. The maximum absolute atomic E-state index is 12.2. The molecule has 1 aliphatic rings. The van der Waals surface area contributed by atoms with Gasteiger partial charge in [-0.15, -0.1) is 0 Å². The van der Waals surface area contributed by atoms with E-state index in [0.717, 1.165) is 17.7 Å². The molecule has 0 aliphatic heterocycles. The van der Waals surface area contributed by atoms with Crippen LogP contribution in [0.2, 0.25) is 10.0 Å². The van der Waals surface area contributed by atoms with E-state index < -0.39 is 0 Å². The van der Waals surface area contributed by atoms with Gasteiger partial charge in [-0.1, -0.05) is 23.2 Å². The van der Waals surface area contributed by atoms with E-state index >= 15 is 0 Å². The summed E-state index contributed by atoms with van der Waals surface area (Å²) in [5.74, 6) is 0.290. The van der Waals surface area contributed by atoms with Crippen molar-refractivity contribution in [2.45, 2.75) is 18.9 Å². The number of aryl methyl sites for hydroxylation is 1. The minimum Gasteiger partial charge on any atom is -0.350 e. The van der Waals surface area contributed by atoms with Crippen molar-refractivity contribution in [3.63, 3.8) is 0 Å². The van der Waals surface area contributed by atoms with Gasteiger partial charge in [0.1, 0.15) is 0 Å². The van der Waals surface area contributed by atoms with Crippen molar-refractivity contribution >= 4 is 29.1 Å². The number of nitrogens with zero attached hydrogens (tertiary/aromatic N) is 2. The zero-order valence-corrected chi connectivity index (χ0v) is 13.0. The van der Waals surface area contributed by atoms with Crippen LogP contribution in [0.3, 0.4) is 0 Å². The first-order valence-corrected chi connectivity index (χ1v) is 7.51. The predicted octanol–water partition coefficient (Wildman–Crippen LogP) is 3.15. The van der Waals surface area contributed by atoms with E-state index in [4.69, 9.17) is 23.2 Å². The van der Waals surface area contributed by atoms with Gasteiger partial charge in [0.15, 0.2) is 0 Å². The van der Waals surface area contributed by atoms with Crippen LogP contribution in [-0.2, 0) is 18.4 Å². The lowest BCUT2D eigenvalue weighted by Crippen LogP contribution is -2.25. The molecular formula is C15H15Cl2N3O. The topological polar surface area (TPSA) is 46.9 Å². The summed E-state index contributed by atoms with van der Waals surface area (Å²) in [6.45, 7) is 0.495. The van der Waals surface area contributed by atoms with Crippen molar-refractivity contribution in [2.24, 2.45) is 13.0 Å². The van der Waals surface area contributed by atoms with Crippen molar-refractivity contribution in [1.82, 2.24) is 15.1 Å². The first kappa shape index (κ1) is 14.4. The fourth-order valence-electron chi connectivity index (χ4n) is 2.53. The lowest BCUT2D eigenvalue weighted by molar-refractivity contribution is -0.122. The third kappa shape index (κ3) is 3.22. The molecule has 2 aromatic rings. The van der Waals surface area contributed by atoms with Crippen molar-refractivity contribution in [3.05, 3.63) is 51.8 Å². The highest BCUT2D eigenvalue weighted by molar-refractivity contribution is 6.34. The summed E-state index contributed by atoms with van der Waals surface area (Å²) in [6, 6.07) is 7.35. The molecule has 2 atom stereocenters. The summed E-state index contributed by atoms with van der Waals surface area (Å²) in [7, 11) is 1.86. The Balaban J connectivity index is 1.59. The van der Waals surface area contributed by atoms with E-state index in [2.05, 4.69) is 10.4 Å². The Morgan fingerprint density at radius 3 is 2.71 bits per heavy atom. The summed E-state index contributed by atoms with van der Waals surface area (Å²) in [5.41, 5.74) is 2.01. The standard InChI is InChI=1S/C15H15Cl2N3O/c1-20-12(2-3-19-20)8-18-15(21)14-7-13(14)9-4-10(16)6-11(17)5-9/h2-6,13-14H,7-8H2,1H3,(H,18,21)/t13-,14-/m0/s1. The van der Waals surface area contributed by atoms with Gasteiger partial charge >= 0.3 is 0 Å². The van der Waals surface area contributed by atoms with Gasteiger partial charge in [0.2, 0.25) is 5.91 Å². The molecule has 1 amide bonds. The Labute approximate surface area is 133 Å². The molecule has 4 nitrogen and oxygen atoms in total. The van der Waals surface area contributed by atoms with Gasteiger partial charge in [-0.3, -0.25) is 9.48 Å². The summed E-state index contributed by atoms with van der Waals surface area (Å²) in [5, 5.41) is 8.24. The summed E-state index contributed by atoms with van der Waals surface area (Å²) in [4.78, 5) is 12.2. The molecule has 3 rings (SSSR count). The molecule has 1 N–H and O–H groups in total. The van der Waals surface area contributed by atoms with E-state index in [1.165, 1.54) is 0 Å². The summed E-state index contributed by atoms with van der Waals surface area (Å²) >= 11 is 12.0. The maximum atomic E-state index is 12.2. The van der Waals surface area contributed by atoms with Crippen LogP contribution in [0.25, 0.3) is 0 Å². The Bertz CT molecular complexity index is 663. The average molecular weight is 324 g/mol. The Kier molecular flexibility index (Phi) is 3.91. The van der Waals surface area contributed by atoms with Crippen molar-refractivity contribution in [2.75, 3.05) is 0 Å². The maximum Gasteiger partial charge on any atom is 0.224 e. The van der Waals surface area contributed by atoms with Crippen LogP contribution in [0.4, 0.5) is 0 Å². The molecule has 1 saturated carbocycles. The van der Waals surface area contributed by atoms with Gasteiger partial charge in [-0.25, -0.2) is 0 Å². The third-order valence-corrected chi connectivity index (χ3v) is 4.24. The van der Waals surface area contributed by atoms with E-state index in [1.54, 1.807) is 16.9 Å². The minimum absolute atomic E-state index is 0.00719. The monoisotopic (exact) mass is 323 g/mol. The molecule has 6 heteroatoms. The second-order valence-electron chi connectivity index (χ2n) is 5.32. The SMILES string of the molecule is Cn1nccc1CNC(=O)[C@H]1C[C@H]1c1cc(Cl)cc(Cl)c1. The van der Waals surface area contributed by atoms with Gasteiger partial charge in [0, 0.05) is 29.2 Å². The van der Waals surface area contributed by atoms with E-state index in [1.807, 2.05) is 25.2 Å². The molecule has 21 heavy (non-hydrogen) atoms. The van der Waals surface area contributed by atoms with Crippen LogP contribution in [-0.4, -0.2) is 15.7 Å². The first-order valence-electron chi connectivity index (χ1n) is 6.75. The lowest BCUT2D eigenvalue weighted by atomic mass is 10.1. The summed E-state index contributed by atoms with van der Waals surface area (Å²) < 4.78 is 1.75. The van der Waals surface area contributed by atoms with Gasteiger partial charge in [0.05, 0.1) is 12.2 Å². The number of benzene rings is 1. The zero-order valence-electron chi connectivity index (χ0n) is 11.5. The molecule has 1 aliphatic carbocycles. The lowest BCUT2D eigenvalue weighted by Gasteiger charge is -2.06. The van der Waals surface area contributed by atoms with Crippen LogP contribution < -0.4 is 5.32 Å². The largest absolute Gasteiger partial charge is 0.350 e. The van der Waals surface area contributed by atoms with Crippen LogP contribution in [0.1, 0.15) is 23.6 Å². The molecule has 1 aromatic heterocycles. The van der Waals surface area contributed by atoms with Gasteiger partial charge in [0.25, 0.3) is 0 Å². The highest BCUT2D eigenvalue weighted by Crippen LogP contribution is 2.48. The third-order valence-electron chi connectivity index (χ3n) is 3.81. The number of halogens is 2. The molecule has 0 bridgehead atoms. The molecule has 0 spiro atoms. The van der Waals surface area contributed by atoms with Crippen molar-refractivity contribution in [3.8, 4) is 0 Å². The molecule has 0 saturated heterocycles. The number of aromatic nitrogens is 2. The molecule has 1 heterocycles. The molecule has 0 unspecified atom stereocenters. The van der Waals surface area contributed by atoms with Crippen LogP contribution in [0.15, 0.2) is 30.5 Å². The number of carbonyl (C=O) groups is 1. The molecule has 110 valence electrons. The van der Waals surface area contributed by atoms with Crippen molar-refractivity contribution < 1.29 is 4.79 Å². The van der Waals surface area contributed by atoms with E-state index in [9.17, 15) is 4.79 Å². The number of amides is 1. The van der Waals surface area contributed by atoms with Crippen LogP contribution in [0, 0.1) is 5.92 Å². The molecular weight excluding hydrogens is 309 g/mol. The highest BCUT2D eigenvalue weighted by atomic mass is 35.5. The second-order valence-corrected chi connectivity index (χ2v) is 6.19. The van der Waals surface area contributed by atoms with Crippen LogP contribution >= 0.6 is 23.2 Å². The van der Waals surface area contributed by atoms with E-state index in [-0.39, 0.29) is 17.7 Å². The fraction of sp³-hybridized carbons (Fsp3) is 0.333. The first-order chi connectivity index (χ1) is 10.0.